The van der Waals surface area contributed by atoms with Crippen molar-refractivity contribution >= 4 is 0 Å². The molecule has 15 heavy (non-hydrogen) atoms. The number of aromatic amines is 1. The quantitative estimate of drug-likeness (QED) is 0.735. The van der Waals surface area contributed by atoms with E-state index < -0.39 is 11.8 Å². The maximum Gasteiger partial charge on any atom is 0.257 e. The maximum absolute atomic E-state index is 13.5. The molecule has 1 fully saturated rings. The summed E-state index contributed by atoms with van der Waals surface area (Å²) < 4.78 is 27.0. The van der Waals surface area contributed by atoms with Crippen LogP contribution in [0.2, 0.25) is 0 Å². The van der Waals surface area contributed by atoms with Crippen LogP contribution < -0.4 is 10.9 Å². The first-order chi connectivity index (χ1) is 7.09. The van der Waals surface area contributed by atoms with Crippen LogP contribution in [0, 0.1) is 0 Å². The van der Waals surface area contributed by atoms with E-state index in [0.717, 1.165) is 0 Å². The third kappa shape index (κ3) is 2.07. The number of nitrogens with one attached hydrogen (secondary N) is 2. The molecule has 1 saturated heterocycles. The van der Waals surface area contributed by atoms with E-state index in [1.165, 1.54) is 18.3 Å². The predicted molar refractivity (Wildman–Crippen MR) is 52.2 cm³/mol. The third-order valence-corrected chi connectivity index (χ3v) is 2.70. The molecule has 0 aliphatic carbocycles. The zero-order chi connectivity index (χ0) is 10.9. The van der Waals surface area contributed by atoms with Crippen LogP contribution in [0.25, 0.3) is 0 Å². The molecular formula is C10H12F2N2O. The second kappa shape index (κ2) is 3.73. The average molecular weight is 214 g/mol. The molecule has 2 rings (SSSR count). The topological polar surface area (TPSA) is 44.9 Å². The van der Waals surface area contributed by atoms with E-state index in [1.54, 1.807) is 0 Å². The van der Waals surface area contributed by atoms with Crippen molar-refractivity contribution in [2.75, 3.05) is 13.1 Å². The molecule has 1 atom stereocenters. The summed E-state index contributed by atoms with van der Waals surface area (Å²) in [6, 6.07) is 2.74. The molecule has 0 spiro atoms. The molecule has 0 bridgehead atoms. The number of alkyl halides is 2. The second-order valence-corrected chi connectivity index (χ2v) is 3.75. The van der Waals surface area contributed by atoms with Crippen molar-refractivity contribution < 1.29 is 8.78 Å². The normalized spacial score (nSPS) is 25.1. The highest BCUT2D eigenvalue weighted by atomic mass is 19.3. The van der Waals surface area contributed by atoms with Gasteiger partial charge in [0.15, 0.2) is 0 Å². The number of rotatable bonds is 1. The van der Waals surface area contributed by atoms with Crippen LogP contribution in [0.1, 0.15) is 17.9 Å². The molecule has 1 unspecified atom stereocenters. The molecule has 0 saturated carbocycles. The number of aromatic nitrogens is 1. The van der Waals surface area contributed by atoms with E-state index in [2.05, 4.69) is 10.3 Å². The van der Waals surface area contributed by atoms with Crippen molar-refractivity contribution in [2.24, 2.45) is 0 Å². The molecule has 0 aromatic carbocycles. The molecule has 2 N–H and O–H groups in total. The Morgan fingerprint density at radius 2 is 2.20 bits per heavy atom. The highest BCUT2D eigenvalue weighted by Gasteiger charge is 2.42. The van der Waals surface area contributed by atoms with Gasteiger partial charge in [-0.1, -0.05) is 6.07 Å². The lowest BCUT2D eigenvalue weighted by Crippen LogP contribution is -2.43. The number of hydrogen-bond donors (Lipinski definition) is 2. The van der Waals surface area contributed by atoms with Crippen molar-refractivity contribution in [3.05, 3.63) is 34.2 Å². The Hall–Kier alpha value is -1.23. The van der Waals surface area contributed by atoms with Gasteiger partial charge >= 0.3 is 0 Å². The SMILES string of the molecule is O=c1ccc(C2CNCCC2(F)F)c[nH]1. The summed E-state index contributed by atoms with van der Waals surface area (Å²) >= 11 is 0. The fraction of sp³-hybridized carbons (Fsp3) is 0.500. The van der Waals surface area contributed by atoms with Crippen LogP contribution in [-0.4, -0.2) is 24.0 Å². The summed E-state index contributed by atoms with van der Waals surface area (Å²) in [6.45, 7) is 0.589. The standard InChI is InChI=1S/C10H12F2N2O/c11-10(12)3-4-13-6-8(10)7-1-2-9(15)14-5-7/h1-2,5,8,13H,3-4,6H2,(H,14,15). The Morgan fingerprint density at radius 1 is 1.40 bits per heavy atom. The van der Waals surface area contributed by atoms with Crippen molar-refractivity contribution in [1.29, 1.82) is 0 Å². The minimum Gasteiger partial charge on any atom is -0.329 e. The maximum atomic E-state index is 13.5. The molecule has 1 aliphatic rings. The summed E-state index contributed by atoms with van der Waals surface area (Å²) in [5.41, 5.74) is 0.206. The number of hydrogen-bond acceptors (Lipinski definition) is 2. The Balaban J connectivity index is 2.28. The molecule has 5 heteroatoms. The number of piperidine rings is 1. The van der Waals surface area contributed by atoms with E-state index in [9.17, 15) is 13.6 Å². The van der Waals surface area contributed by atoms with Gasteiger partial charge in [-0.2, -0.15) is 0 Å². The molecule has 1 aliphatic heterocycles. The summed E-state index contributed by atoms with van der Waals surface area (Å²) in [4.78, 5) is 13.2. The minimum absolute atomic E-state index is 0.156. The van der Waals surface area contributed by atoms with Crippen molar-refractivity contribution in [3.8, 4) is 0 Å². The third-order valence-electron chi connectivity index (χ3n) is 2.70. The molecule has 0 radical (unpaired) electrons. The van der Waals surface area contributed by atoms with Gasteiger partial charge in [-0.05, 0) is 5.56 Å². The fourth-order valence-corrected chi connectivity index (χ4v) is 1.83. The largest absolute Gasteiger partial charge is 0.329 e. The van der Waals surface area contributed by atoms with Crippen LogP contribution >= 0.6 is 0 Å². The van der Waals surface area contributed by atoms with Crippen LogP contribution in [0.3, 0.4) is 0 Å². The van der Waals surface area contributed by atoms with Crippen LogP contribution in [0.5, 0.6) is 0 Å². The first-order valence-electron chi connectivity index (χ1n) is 4.87. The van der Waals surface area contributed by atoms with Gasteiger partial charge in [0, 0.05) is 31.8 Å². The first kappa shape index (κ1) is 10.3. The summed E-state index contributed by atoms with van der Waals surface area (Å²) in [7, 11) is 0. The lowest BCUT2D eigenvalue weighted by Gasteiger charge is -2.31. The van der Waals surface area contributed by atoms with Gasteiger partial charge in [0.25, 0.3) is 5.92 Å². The molecule has 3 nitrogen and oxygen atoms in total. The van der Waals surface area contributed by atoms with Crippen LogP contribution in [-0.2, 0) is 0 Å². The first-order valence-corrected chi connectivity index (χ1v) is 4.87. The summed E-state index contributed by atoms with van der Waals surface area (Å²) in [5, 5.41) is 2.93. The van der Waals surface area contributed by atoms with E-state index in [-0.39, 0.29) is 18.5 Å². The van der Waals surface area contributed by atoms with Crippen molar-refractivity contribution in [1.82, 2.24) is 10.3 Å². The van der Waals surface area contributed by atoms with Crippen LogP contribution in [0.4, 0.5) is 8.78 Å². The fourth-order valence-electron chi connectivity index (χ4n) is 1.83. The number of halogens is 2. The molecule has 1 aromatic rings. The van der Waals surface area contributed by atoms with Gasteiger partial charge in [-0.25, -0.2) is 8.78 Å². The predicted octanol–water partition coefficient (Wildman–Crippen LogP) is 1.09. The smallest absolute Gasteiger partial charge is 0.257 e. The Kier molecular flexibility index (Phi) is 2.56. The number of pyridine rings is 1. The van der Waals surface area contributed by atoms with Crippen molar-refractivity contribution in [3.63, 3.8) is 0 Å². The summed E-state index contributed by atoms with van der Waals surface area (Å²) in [5.74, 6) is -3.54. The molecule has 82 valence electrons. The van der Waals surface area contributed by atoms with E-state index >= 15 is 0 Å². The minimum atomic E-state index is -2.69. The zero-order valence-electron chi connectivity index (χ0n) is 8.09. The zero-order valence-corrected chi connectivity index (χ0v) is 8.09. The molecular weight excluding hydrogens is 202 g/mol. The average Bonchev–Trinajstić information content (AvgIpc) is 2.19. The van der Waals surface area contributed by atoms with E-state index in [1.807, 2.05) is 0 Å². The van der Waals surface area contributed by atoms with Gasteiger partial charge in [-0.15, -0.1) is 0 Å². The highest BCUT2D eigenvalue weighted by molar-refractivity contribution is 5.19. The lowest BCUT2D eigenvalue weighted by atomic mass is 9.89. The van der Waals surface area contributed by atoms with E-state index in [4.69, 9.17) is 0 Å². The Labute approximate surface area is 85.5 Å². The van der Waals surface area contributed by atoms with Gasteiger partial charge < -0.3 is 10.3 Å². The van der Waals surface area contributed by atoms with Crippen molar-refractivity contribution in [2.45, 2.75) is 18.3 Å². The lowest BCUT2D eigenvalue weighted by molar-refractivity contribution is -0.0480. The number of H-pyrrole nitrogens is 1. The highest BCUT2D eigenvalue weighted by Crippen LogP contribution is 2.37. The molecule has 1 aromatic heterocycles. The second-order valence-electron chi connectivity index (χ2n) is 3.75. The van der Waals surface area contributed by atoms with Gasteiger partial charge in [0.2, 0.25) is 5.56 Å². The Bertz CT molecular complexity index is 382. The van der Waals surface area contributed by atoms with Gasteiger partial charge in [0.05, 0.1) is 5.92 Å². The van der Waals surface area contributed by atoms with Crippen LogP contribution in [0.15, 0.2) is 23.1 Å². The van der Waals surface area contributed by atoms with E-state index in [0.29, 0.717) is 12.1 Å². The Morgan fingerprint density at radius 3 is 2.80 bits per heavy atom. The van der Waals surface area contributed by atoms with Gasteiger partial charge in [-0.3, -0.25) is 4.79 Å². The monoisotopic (exact) mass is 214 g/mol. The summed E-state index contributed by atoms with van der Waals surface area (Å²) in [6.07, 6.45) is 1.21. The van der Waals surface area contributed by atoms with Gasteiger partial charge in [0.1, 0.15) is 0 Å². The molecule has 0 amide bonds. The molecule has 2 heterocycles.